The van der Waals surface area contributed by atoms with Gasteiger partial charge < -0.3 is 10.0 Å². The van der Waals surface area contributed by atoms with Crippen molar-refractivity contribution in [1.82, 2.24) is 19.4 Å². The molecule has 1 aromatic carbocycles. The second-order valence-corrected chi connectivity index (χ2v) is 10.8. The van der Waals surface area contributed by atoms with Gasteiger partial charge in [-0.25, -0.2) is 9.59 Å². The average molecular weight is 554 g/mol. The van der Waals surface area contributed by atoms with Crippen molar-refractivity contribution >= 4 is 46.2 Å². The minimum Gasteiger partial charge on any atom is -0.465 e. The van der Waals surface area contributed by atoms with Crippen LogP contribution in [0.1, 0.15) is 31.0 Å². The van der Waals surface area contributed by atoms with Crippen LogP contribution in [0.15, 0.2) is 40.2 Å². The Balaban J connectivity index is 1.72. The van der Waals surface area contributed by atoms with Gasteiger partial charge >= 0.3 is 18.0 Å². The first-order valence-electron chi connectivity index (χ1n) is 11.6. The summed E-state index contributed by atoms with van der Waals surface area (Å²) in [5, 5.41) is 9.27. The fraction of sp³-hybridized carbons (Fsp3) is 0.417. The number of piperazine rings is 1. The molecule has 1 saturated heterocycles. The summed E-state index contributed by atoms with van der Waals surface area (Å²) in [4.78, 5) is 36.9. The number of alkyl halides is 3. The lowest BCUT2D eigenvalue weighted by molar-refractivity contribution is -0.137. The highest BCUT2D eigenvalue weighted by atomic mass is 35.5. The van der Waals surface area contributed by atoms with Gasteiger partial charge in [-0.3, -0.25) is 14.5 Å². The van der Waals surface area contributed by atoms with Crippen LogP contribution in [0.2, 0.25) is 5.02 Å². The molecule has 0 bridgehead atoms. The number of aromatic nitrogens is 3. The standard InChI is InChI=1S/C24H23ClF3N5O3S/c1-12-8-31(9-13(2)33(12)23(35)36)21-15-7-16(24(26,27)28)18(25)20-19(15)32(22(34)30-21)10-14(11-37-20)17-5-3-4-6-29-17/h3-7,12-14H,8-11H2,1-2H3,(H,35,36)/t12-,13+,14-/m0/s1. The van der Waals surface area contributed by atoms with E-state index >= 15 is 0 Å². The van der Waals surface area contributed by atoms with Crippen LogP contribution < -0.4 is 10.6 Å². The predicted molar refractivity (Wildman–Crippen MR) is 135 cm³/mol. The summed E-state index contributed by atoms with van der Waals surface area (Å²) in [7, 11) is 0. The van der Waals surface area contributed by atoms with Crippen molar-refractivity contribution < 1.29 is 23.1 Å². The van der Waals surface area contributed by atoms with Crippen LogP contribution >= 0.6 is 23.4 Å². The summed E-state index contributed by atoms with van der Waals surface area (Å²) in [5.41, 5.74) is -0.591. The van der Waals surface area contributed by atoms with E-state index in [1.165, 1.54) is 21.2 Å². The van der Waals surface area contributed by atoms with E-state index in [0.717, 1.165) is 6.07 Å². The van der Waals surface area contributed by atoms with Crippen LogP contribution in [0.25, 0.3) is 10.9 Å². The maximum atomic E-state index is 14.1. The third-order valence-corrected chi connectivity index (χ3v) is 8.58. The Hall–Kier alpha value is -2.99. The molecule has 3 atom stereocenters. The maximum absolute atomic E-state index is 14.1. The van der Waals surface area contributed by atoms with Crippen LogP contribution in [0.5, 0.6) is 0 Å². The molecule has 1 amide bonds. The molecule has 1 N–H and O–H groups in total. The zero-order valence-electron chi connectivity index (χ0n) is 19.9. The first-order valence-corrected chi connectivity index (χ1v) is 13.0. The van der Waals surface area contributed by atoms with Gasteiger partial charge in [0.25, 0.3) is 0 Å². The fourth-order valence-electron chi connectivity index (χ4n) is 5.24. The van der Waals surface area contributed by atoms with Crippen LogP contribution in [-0.2, 0) is 12.7 Å². The molecule has 2 aliphatic rings. The van der Waals surface area contributed by atoms with Crippen molar-refractivity contribution in [2.24, 2.45) is 0 Å². The number of benzene rings is 1. The van der Waals surface area contributed by atoms with Gasteiger partial charge in [0.1, 0.15) is 5.82 Å². The molecule has 196 valence electrons. The molecule has 0 saturated carbocycles. The SMILES string of the molecule is C[C@@H]1CN(c2nc(=O)n3c4c(c(Cl)c(C(F)(F)F)cc24)SC[C@@H](c2ccccn2)C3)C[C@H](C)N1C(=O)O. The highest BCUT2D eigenvalue weighted by molar-refractivity contribution is 7.99. The van der Waals surface area contributed by atoms with Gasteiger partial charge in [-0.05, 0) is 32.0 Å². The predicted octanol–water partition coefficient (Wildman–Crippen LogP) is 4.93. The van der Waals surface area contributed by atoms with Gasteiger partial charge in [0, 0.05) is 48.6 Å². The molecule has 37 heavy (non-hydrogen) atoms. The number of rotatable bonds is 2. The minimum absolute atomic E-state index is 0.0975. The number of anilines is 1. The molecule has 2 aromatic heterocycles. The van der Waals surface area contributed by atoms with Crippen molar-refractivity contribution in [2.45, 2.75) is 49.5 Å². The van der Waals surface area contributed by atoms with E-state index in [4.69, 9.17) is 11.6 Å². The third-order valence-electron chi connectivity index (χ3n) is 6.82. The molecule has 5 rings (SSSR count). The average Bonchev–Trinajstić information content (AvgIpc) is 3.03. The second-order valence-electron chi connectivity index (χ2n) is 9.35. The Morgan fingerprint density at radius 2 is 1.89 bits per heavy atom. The molecule has 2 aliphatic heterocycles. The molecule has 3 aromatic rings. The zero-order chi connectivity index (χ0) is 26.6. The lowest BCUT2D eigenvalue weighted by atomic mass is 10.0. The number of hydrogen-bond donors (Lipinski definition) is 1. The normalized spacial score (nSPS) is 22.3. The molecule has 0 spiro atoms. The van der Waals surface area contributed by atoms with E-state index in [1.807, 2.05) is 12.1 Å². The van der Waals surface area contributed by atoms with E-state index in [-0.39, 0.29) is 41.7 Å². The van der Waals surface area contributed by atoms with Crippen molar-refractivity contribution in [3.8, 4) is 0 Å². The Kier molecular flexibility index (Phi) is 6.51. The van der Waals surface area contributed by atoms with E-state index in [0.29, 0.717) is 17.0 Å². The van der Waals surface area contributed by atoms with Crippen LogP contribution in [0.4, 0.5) is 23.8 Å². The molecule has 0 radical (unpaired) electrons. The van der Waals surface area contributed by atoms with Crippen molar-refractivity contribution in [2.75, 3.05) is 23.7 Å². The van der Waals surface area contributed by atoms with Gasteiger partial charge in [-0.2, -0.15) is 18.2 Å². The lowest BCUT2D eigenvalue weighted by Gasteiger charge is -2.43. The first kappa shape index (κ1) is 25.7. The summed E-state index contributed by atoms with van der Waals surface area (Å²) in [5.74, 6) is 0.214. The van der Waals surface area contributed by atoms with Gasteiger partial charge in [-0.15, -0.1) is 11.8 Å². The van der Waals surface area contributed by atoms with Gasteiger partial charge in [0.2, 0.25) is 0 Å². The maximum Gasteiger partial charge on any atom is 0.417 e. The van der Waals surface area contributed by atoms with Gasteiger partial charge in [0.15, 0.2) is 0 Å². The zero-order valence-corrected chi connectivity index (χ0v) is 21.4. The number of halogens is 4. The van der Waals surface area contributed by atoms with Crippen LogP contribution in [-0.4, -0.2) is 61.6 Å². The van der Waals surface area contributed by atoms with Crippen LogP contribution in [0.3, 0.4) is 0 Å². The molecule has 0 unspecified atom stereocenters. The molecule has 4 heterocycles. The minimum atomic E-state index is -4.73. The van der Waals surface area contributed by atoms with E-state index in [1.54, 1.807) is 31.0 Å². The van der Waals surface area contributed by atoms with E-state index in [9.17, 15) is 27.9 Å². The first-order chi connectivity index (χ1) is 17.5. The van der Waals surface area contributed by atoms with Crippen molar-refractivity contribution in [3.05, 3.63) is 57.2 Å². The van der Waals surface area contributed by atoms with Gasteiger partial charge in [-0.1, -0.05) is 17.7 Å². The largest absolute Gasteiger partial charge is 0.465 e. The molecular weight excluding hydrogens is 531 g/mol. The second kappa shape index (κ2) is 9.39. The monoisotopic (exact) mass is 553 g/mol. The van der Waals surface area contributed by atoms with E-state index in [2.05, 4.69) is 9.97 Å². The number of carbonyl (C=O) groups is 1. The quantitative estimate of drug-likeness (QED) is 0.481. The summed E-state index contributed by atoms with van der Waals surface area (Å²) in [6.45, 7) is 3.95. The van der Waals surface area contributed by atoms with Crippen molar-refractivity contribution in [3.63, 3.8) is 0 Å². The Morgan fingerprint density at radius 1 is 1.19 bits per heavy atom. The summed E-state index contributed by atoms with van der Waals surface area (Å²) in [6, 6.07) is 5.43. The highest BCUT2D eigenvalue weighted by Crippen LogP contribution is 2.47. The molecule has 13 heteroatoms. The van der Waals surface area contributed by atoms with E-state index < -0.39 is 40.6 Å². The number of thioether (sulfide) groups is 1. The molecule has 0 aliphatic carbocycles. The topological polar surface area (TPSA) is 91.6 Å². The number of nitrogens with zero attached hydrogens (tertiary/aromatic N) is 5. The number of carboxylic acid groups (broad SMARTS) is 1. The Bertz CT molecular complexity index is 1420. The summed E-state index contributed by atoms with van der Waals surface area (Å²) in [6.07, 6.45) is -4.18. The Morgan fingerprint density at radius 3 is 2.49 bits per heavy atom. The number of hydrogen-bond acceptors (Lipinski definition) is 6. The number of pyridine rings is 1. The molecular formula is C24H23ClF3N5O3S. The van der Waals surface area contributed by atoms with Gasteiger partial charge in [0.05, 0.1) is 33.1 Å². The molecule has 8 nitrogen and oxygen atoms in total. The molecule has 1 fully saturated rings. The highest BCUT2D eigenvalue weighted by Gasteiger charge is 2.39. The number of amides is 1. The fourth-order valence-corrected chi connectivity index (χ4v) is 6.90. The lowest BCUT2D eigenvalue weighted by Crippen LogP contribution is -2.58. The summed E-state index contributed by atoms with van der Waals surface area (Å²) < 4.78 is 43.7. The Labute approximate surface area is 219 Å². The summed E-state index contributed by atoms with van der Waals surface area (Å²) >= 11 is 7.53. The van der Waals surface area contributed by atoms with Crippen molar-refractivity contribution in [1.29, 1.82) is 0 Å². The smallest absolute Gasteiger partial charge is 0.417 e. The third kappa shape index (κ3) is 4.50. The van der Waals surface area contributed by atoms with Crippen LogP contribution in [0, 0.1) is 0 Å².